The van der Waals surface area contributed by atoms with Gasteiger partial charge in [0.15, 0.2) is 12.2 Å². The Morgan fingerprint density at radius 3 is 0.864 bits per heavy atom. The number of hydrogen-bond donors (Lipinski definition) is 3. The Labute approximate surface area is 537 Å². The average molecular weight is 1300 g/mol. The molecule has 0 aliphatic rings. The zero-order valence-electron chi connectivity index (χ0n) is 57.0. The fourth-order valence-electron chi connectivity index (χ4n) is 10.4. The average Bonchev–Trinajstić information content (AvgIpc) is 3.71. The number of aliphatic hydroxyl groups is 1. The summed E-state index contributed by atoms with van der Waals surface area (Å²) in [5, 5.41) is 10.6. The van der Waals surface area contributed by atoms with E-state index in [9.17, 15) is 43.2 Å². The summed E-state index contributed by atoms with van der Waals surface area (Å²) in [6.07, 6.45) is 46.0. The van der Waals surface area contributed by atoms with Crippen molar-refractivity contribution in [1.29, 1.82) is 0 Å². The first-order valence-corrected chi connectivity index (χ1v) is 39.0. The van der Waals surface area contributed by atoms with Crippen molar-refractivity contribution >= 4 is 39.5 Å². The minimum atomic E-state index is -4.95. The SMILES string of the molecule is CCCCCCCCCCCCCCC(=O)O[C@H](COC(=O)CCCCCCC)COP(=O)(O)OC[C@H](O)COP(=O)(O)OC[C@@H](COC(=O)CCCCCCCCCCCCC(C)CC)OC(=O)CCCCCCCCCCCCCCCCC(C)C. The molecule has 0 aromatic rings. The molecule has 0 spiro atoms. The molecule has 6 atom stereocenters. The summed E-state index contributed by atoms with van der Waals surface area (Å²) in [6, 6.07) is 0. The minimum Gasteiger partial charge on any atom is -0.462 e. The molecule has 0 radical (unpaired) electrons. The van der Waals surface area contributed by atoms with Gasteiger partial charge in [-0.15, -0.1) is 0 Å². The third-order valence-corrected chi connectivity index (χ3v) is 18.2. The summed E-state index contributed by atoms with van der Waals surface area (Å²) in [4.78, 5) is 72.2. The molecular weight excluding hydrogens is 1160 g/mol. The van der Waals surface area contributed by atoms with Crippen molar-refractivity contribution in [2.45, 2.75) is 368 Å². The van der Waals surface area contributed by atoms with Crippen LogP contribution in [-0.4, -0.2) is 96.7 Å². The van der Waals surface area contributed by atoms with Crippen LogP contribution in [0.25, 0.3) is 0 Å². The Kier molecular flexibility index (Phi) is 59.9. The number of esters is 4. The molecular formula is C69H134O17P2. The summed E-state index contributed by atoms with van der Waals surface area (Å²) in [7, 11) is -9.89. The lowest BCUT2D eigenvalue weighted by Gasteiger charge is -2.21. The fraction of sp³-hybridized carbons (Fsp3) is 0.942. The zero-order valence-corrected chi connectivity index (χ0v) is 58.8. The Balaban J connectivity index is 5.17. The molecule has 17 nitrogen and oxygen atoms in total. The number of ether oxygens (including phenoxy) is 4. The van der Waals surface area contributed by atoms with E-state index < -0.39 is 97.5 Å². The maximum Gasteiger partial charge on any atom is 0.472 e. The molecule has 0 aromatic heterocycles. The molecule has 0 aromatic carbocycles. The highest BCUT2D eigenvalue weighted by Crippen LogP contribution is 2.45. The van der Waals surface area contributed by atoms with E-state index in [4.69, 9.17) is 37.0 Å². The lowest BCUT2D eigenvalue weighted by Crippen LogP contribution is -2.30. The summed E-state index contributed by atoms with van der Waals surface area (Å²) in [5.41, 5.74) is 0. The maximum atomic E-state index is 13.0. The molecule has 0 fully saturated rings. The van der Waals surface area contributed by atoms with Crippen LogP contribution < -0.4 is 0 Å². The standard InChI is InChI=1S/C69H134O17P2/c1-7-10-12-14-15-16-17-23-30-35-41-47-53-68(73)85-64(57-79-66(71)51-45-37-13-11-8-2)59-83-87(75,76)81-55-63(70)56-82-88(77,78)84-60-65(58-80-67(72)52-46-40-34-29-26-25-28-33-39-44-50-62(6)9-3)86-69(74)54-48-42-36-31-24-21-19-18-20-22-27-32-38-43-49-61(4)5/h61-65,70H,7-60H2,1-6H3,(H,75,76)(H,77,78)/t62?,63-,64+,65+/m0/s1. The first-order chi connectivity index (χ1) is 42.4. The van der Waals surface area contributed by atoms with E-state index in [-0.39, 0.29) is 25.7 Å². The number of carbonyl (C=O) groups excluding carboxylic acids is 4. The normalized spacial score (nSPS) is 14.5. The van der Waals surface area contributed by atoms with Crippen LogP contribution >= 0.6 is 15.6 Å². The van der Waals surface area contributed by atoms with Gasteiger partial charge in [0.25, 0.3) is 0 Å². The van der Waals surface area contributed by atoms with E-state index in [0.717, 1.165) is 108 Å². The van der Waals surface area contributed by atoms with E-state index >= 15 is 0 Å². The predicted molar refractivity (Wildman–Crippen MR) is 354 cm³/mol. The monoisotopic (exact) mass is 1300 g/mol. The van der Waals surface area contributed by atoms with E-state index in [1.807, 2.05) is 0 Å². The van der Waals surface area contributed by atoms with E-state index in [1.54, 1.807) is 0 Å². The van der Waals surface area contributed by atoms with Gasteiger partial charge in [-0.25, -0.2) is 9.13 Å². The molecule has 0 bridgehead atoms. The number of unbranched alkanes of at least 4 members (excludes halogenated alkanes) is 37. The van der Waals surface area contributed by atoms with Gasteiger partial charge in [-0.3, -0.25) is 37.3 Å². The Bertz CT molecular complexity index is 1720. The van der Waals surface area contributed by atoms with E-state index in [1.165, 1.54) is 161 Å². The Morgan fingerprint density at radius 2 is 0.580 bits per heavy atom. The van der Waals surface area contributed by atoms with Crippen molar-refractivity contribution in [2.24, 2.45) is 11.8 Å². The number of hydrogen-bond acceptors (Lipinski definition) is 15. The van der Waals surface area contributed by atoms with Gasteiger partial charge in [0.1, 0.15) is 19.3 Å². The second-order valence-electron chi connectivity index (χ2n) is 25.6. The lowest BCUT2D eigenvalue weighted by molar-refractivity contribution is -0.161. The molecule has 0 saturated heterocycles. The van der Waals surface area contributed by atoms with Crippen LogP contribution in [0.4, 0.5) is 0 Å². The van der Waals surface area contributed by atoms with Crippen LogP contribution in [0.3, 0.4) is 0 Å². The Hall–Kier alpha value is -1.94. The first-order valence-electron chi connectivity index (χ1n) is 36.0. The third kappa shape index (κ3) is 61.6. The van der Waals surface area contributed by atoms with Crippen LogP contribution in [-0.2, 0) is 65.4 Å². The van der Waals surface area contributed by atoms with Gasteiger partial charge in [-0.2, -0.15) is 0 Å². The van der Waals surface area contributed by atoms with Crippen molar-refractivity contribution < 1.29 is 80.2 Å². The number of phosphoric ester groups is 2. The fourth-order valence-corrected chi connectivity index (χ4v) is 12.0. The van der Waals surface area contributed by atoms with Gasteiger partial charge >= 0.3 is 39.5 Å². The molecule has 0 rings (SSSR count). The number of rotatable bonds is 68. The molecule has 19 heteroatoms. The van der Waals surface area contributed by atoms with E-state index in [0.29, 0.717) is 25.7 Å². The summed E-state index contributed by atoms with van der Waals surface area (Å²) in [6.45, 7) is 9.51. The maximum absolute atomic E-state index is 13.0. The lowest BCUT2D eigenvalue weighted by atomic mass is 9.99. The predicted octanol–water partition coefficient (Wildman–Crippen LogP) is 19.6. The van der Waals surface area contributed by atoms with Crippen LogP contribution in [0.5, 0.6) is 0 Å². The number of phosphoric acid groups is 2. The van der Waals surface area contributed by atoms with Crippen LogP contribution in [0, 0.1) is 11.8 Å². The van der Waals surface area contributed by atoms with Gasteiger partial charge < -0.3 is 33.8 Å². The van der Waals surface area contributed by atoms with Crippen molar-refractivity contribution in [3.8, 4) is 0 Å². The second kappa shape index (κ2) is 61.3. The third-order valence-electron chi connectivity index (χ3n) is 16.3. The molecule has 0 amide bonds. The van der Waals surface area contributed by atoms with Gasteiger partial charge in [-0.05, 0) is 37.5 Å². The van der Waals surface area contributed by atoms with Crippen LogP contribution in [0.15, 0.2) is 0 Å². The molecule has 0 saturated carbocycles. The van der Waals surface area contributed by atoms with Gasteiger partial charge in [0.2, 0.25) is 0 Å². The van der Waals surface area contributed by atoms with Crippen molar-refractivity contribution in [3.63, 3.8) is 0 Å². The highest BCUT2D eigenvalue weighted by molar-refractivity contribution is 7.47. The summed E-state index contributed by atoms with van der Waals surface area (Å²) in [5.74, 6) is -0.531. The smallest absolute Gasteiger partial charge is 0.462 e. The Morgan fingerprint density at radius 1 is 0.330 bits per heavy atom. The topological polar surface area (TPSA) is 237 Å². The number of carbonyl (C=O) groups is 4. The molecule has 522 valence electrons. The quantitative estimate of drug-likeness (QED) is 0.0222. The zero-order chi connectivity index (χ0) is 65.0. The molecule has 88 heavy (non-hydrogen) atoms. The second-order valence-corrected chi connectivity index (χ2v) is 28.5. The molecule has 3 N–H and O–H groups in total. The summed E-state index contributed by atoms with van der Waals surface area (Å²) < 4.78 is 68.0. The molecule has 0 aliphatic heterocycles. The van der Waals surface area contributed by atoms with Crippen LogP contribution in [0.1, 0.15) is 350 Å². The van der Waals surface area contributed by atoms with Gasteiger partial charge in [0, 0.05) is 25.7 Å². The highest BCUT2D eigenvalue weighted by Gasteiger charge is 2.30. The van der Waals surface area contributed by atoms with E-state index in [2.05, 4.69) is 41.5 Å². The minimum absolute atomic E-state index is 0.106. The largest absolute Gasteiger partial charge is 0.472 e. The highest BCUT2D eigenvalue weighted by atomic mass is 31.2. The van der Waals surface area contributed by atoms with Gasteiger partial charge in [0.05, 0.1) is 26.4 Å². The first kappa shape index (κ1) is 86.1. The van der Waals surface area contributed by atoms with Crippen molar-refractivity contribution in [2.75, 3.05) is 39.6 Å². The molecule has 0 aliphatic carbocycles. The molecule has 3 unspecified atom stereocenters. The van der Waals surface area contributed by atoms with Crippen LogP contribution in [0.2, 0.25) is 0 Å². The van der Waals surface area contributed by atoms with Crippen molar-refractivity contribution in [3.05, 3.63) is 0 Å². The van der Waals surface area contributed by atoms with Gasteiger partial charge in [-0.1, -0.05) is 298 Å². The van der Waals surface area contributed by atoms with Crippen molar-refractivity contribution in [1.82, 2.24) is 0 Å². The number of aliphatic hydroxyl groups excluding tert-OH is 1. The molecule has 0 heterocycles. The summed E-state index contributed by atoms with van der Waals surface area (Å²) >= 11 is 0.